The van der Waals surface area contributed by atoms with E-state index < -0.39 is 44.8 Å². The number of likely N-dealkylation sites (tertiary alicyclic amines) is 1. The van der Waals surface area contributed by atoms with Crippen molar-refractivity contribution in [1.82, 2.24) is 9.62 Å². The van der Waals surface area contributed by atoms with Crippen LogP contribution in [0.4, 0.5) is 13.6 Å². The molecule has 2 atom stereocenters. The van der Waals surface area contributed by atoms with Gasteiger partial charge in [0, 0.05) is 35.9 Å². The summed E-state index contributed by atoms with van der Waals surface area (Å²) in [5.41, 5.74) is 0.00180. The normalized spacial score (nSPS) is 22.2. The van der Waals surface area contributed by atoms with Crippen molar-refractivity contribution >= 4 is 17.5 Å². The van der Waals surface area contributed by atoms with Crippen molar-refractivity contribution in [3.8, 4) is 0 Å². The van der Waals surface area contributed by atoms with E-state index in [1.54, 1.807) is 4.90 Å². The second-order valence-corrected chi connectivity index (χ2v) is 12.4. The fourth-order valence-corrected chi connectivity index (χ4v) is 5.19. The lowest BCUT2D eigenvalue weighted by Gasteiger charge is -2.43. The van der Waals surface area contributed by atoms with Gasteiger partial charge >= 0.3 is 6.09 Å². The molecule has 168 valence electrons. The van der Waals surface area contributed by atoms with Crippen molar-refractivity contribution in [2.45, 2.75) is 77.2 Å². The Morgan fingerprint density at radius 2 is 1.80 bits per heavy atom. The number of nitrogens with one attached hydrogen (secondary N) is 1. The third-order valence-corrected chi connectivity index (χ3v) is 7.40. The van der Waals surface area contributed by atoms with Crippen LogP contribution >= 0.6 is 0 Å². The molecule has 1 aromatic rings. The molecule has 1 unspecified atom stereocenters. The largest absolute Gasteiger partial charge is 0.598 e. The first-order chi connectivity index (χ1) is 13.7. The van der Waals surface area contributed by atoms with E-state index in [0.717, 1.165) is 6.07 Å². The number of nitrogens with zero attached hydrogens (tertiary/aromatic N) is 1. The van der Waals surface area contributed by atoms with Gasteiger partial charge < -0.3 is 14.2 Å². The van der Waals surface area contributed by atoms with Crippen LogP contribution in [-0.2, 0) is 22.5 Å². The van der Waals surface area contributed by atoms with Crippen LogP contribution in [0.5, 0.6) is 0 Å². The lowest BCUT2D eigenvalue weighted by molar-refractivity contribution is 0.00710. The highest BCUT2D eigenvalue weighted by molar-refractivity contribution is 7.90. The van der Waals surface area contributed by atoms with E-state index in [0.29, 0.717) is 43.5 Å². The molecule has 1 aliphatic carbocycles. The fourth-order valence-electron chi connectivity index (χ4n) is 4.25. The van der Waals surface area contributed by atoms with Crippen molar-refractivity contribution in [2.24, 2.45) is 5.41 Å². The van der Waals surface area contributed by atoms with Crippen molar-refractivity contribution in [3.63, 3.8) is 0 Å². The zero-order chi connectivity index (χ0) is 22.5. The molecule has 1 fully saturated rings. The third-order valence-electron chi connectivity index (χ3n) is 5.84. The fraction of sp³-hybridized carbons (Fsp3) is 0.682. The average molecular weight is 443 g/mol. The summed E-state index contributed by atoms with van der Waals surface area (Å²) in [5.74, 6) is -1.20. The second kappa shape index (κ2) is 7.95. The van der Waals surface area contributed by atoms with Gasteiger partial charge in [0.05, 0.1) is 6.04 Å². The molecule has 1 N–H and O–H groups in total. The van der Waals surface area contributed by atoms with Crippen molar-refractivity contribution in [2.75, 3.05) is 13.1 Å². The highest BCUT2D eigenvalue weighted by Gasteiger charge is 2.52. The summed E-state index contributed by atoms with van der Waals surface area (Å²) in [6.45, 7) is 11.9. The van der Waals surface area contributed by atoms with Gasteiger partial charge in [0.25, 0.3) is 0 Å². The number of benzene rings is 1. The summed E-state index contributed by atoms with van der Waals surface area (Å²) in [4.78, 5) is 14.1. The quantitative estimate of drug-likeness (QED) is 0.678. The molecule has 1 aromatic carbocycles. The number of fused-ring (bicyclic) bond motifs is 1. The van der Waals surface area contributed by atoms with Gasteiger partial charge in [-0.25, -0.2) is 13.6 Å². The summed E-state index contributed by atoms with van der Waals surface area (Å²) in [6.07, 6.45) is 1.23. The molecule has 5 nitrogen and oxygen atoms in total. The van der Waals surface area contributed by atoms with Crippen LogP contribution in [0.15, 0.2) is 12.1 Å². The highest BCUT2D eigenvalue weighted by atomic mass is 32.2. The van der Waals surface area contributed by atoms with Gasteiger partial charge in [0.15, 0.2) is 0 Å². The predicted octanol–water partition coefficient (Wildman–Crippen LogP) is 4.63. The van der Waals surface area contributed by atoms with Crippen LogP contribution in [0.2, 0.25) is 0 Å². The molecule has 1 heterocycles. The number of halogens is 2. The Kier molecular flexibility index (Phi) is 6.17. The molecule has 0 aromatic heterocycles. The van der Waals surface area contributed by atoms with Crippen molar-refractivity contribution in [3.05, 3.63) is 34.9 Å². The SMILES string of the molecule is CC(C)(C)OC(=O)N1CCC2(CC1)Cc1c(F)cc(F)cc1[C@H]2N[S+]([O-])C(C)(C)C. The number of hydrogen-bond acceptors (Lipinski definition) is 4. The molecule has 2 aliphatic rings. The zero-order valence-corrected chi connectivity index (χ0v) is 19.4. The molecule has 8 heteroatoms. The van der Waals surface area contributed by atoms with E-state index in [9.17, 15) is 18.1 Å². The minimum Gasteiger partial charge on any atom is -0.598 e. The Morgan fingerprint density at radius 3 is 2.33 bits per heavy atom. The van der Waals surface area contributed by atoms with Gasteiger partial charge in [0.2, 0.25) is 0 Å². The Labute approximate surface area is 180 Å². The Bertz CT molecular complexity index is 812. The lowest BCUT2D eigenvalue weighted by atomic mass is 9.73. The number of carbonyl (C=O) groups is 1. The monoisotopic (exact) mass is 442 g/mol. The van der Waals surface area contributed by atoms with Crippen LogP contribution in [0.1, 0.15) is 71.6 Å². The molecule has 1 aliphatic heterocycles. The molecule has 0 radical (unpaired) electrons. The predicted molar refractivity (Wildman–Crippen MR) is 113 cm³/mol. The molecular weight excluding hydrogens is 410 g/mol. The summed E-state index contributed by atoms with van der Waals surface area (Å²) in [6, 6.07) is 1.81. The molecular formula is C22H32F2N2O3S. The summed E-state index contributed by atoms with van der Waals surface area (Å²) in [7, 11) is 0. The molecule has 3 rings (SSSR count). The minimum atomic E-state index is -1.41. The second-order valence-electron chi connectivity index (χ2n) is 10.4. The summed E-state index contributed by atoms with van der Waals surface area (Å²) >= 11 is -1.41. The highest BCUT2D eigenvalue weighted by Crippen LogP contribution is 2.53. The minimum absolute atomic E-state index is 0.368. The molecule has 0 saturated carbocycles. The van der Waals surface area contributed by atoms with Crippen LogP contribution in [-0.4, -0.2) is 39.0 Å². The van der Waals surface area contributed by atoms with Crippen LogP contribution < -0.4 is 4.72 Å². The summed E-state index contributed by atoms with van der Waals surface area (Å²) < 4.78 is 49.6. The third kappa shape index (κ3) is 4.75. The average Bonchev–Trinajstić information content (AvgIpc) is 2.87. The zero-order valence-electron chi connectivity index (χ0n) is 18.6. The summed E-state index contributed by atoms with van der Waals surface area (Å²) in [5, 5.41) is 0. The number of carbonyl (C=O) groups excluding carboxylic acids is 1. The van der Waals surface area contributed by atoms with E-state index in [1.165, 1.54) is 6.07 Å². The topological polar surface area (TPSA) is 64.6 Å². The maximum absolute atomic E-state index is 14.6. The number of amides is 1. The van der Waals surface area contributed by atoms with Gasteiger partial charge in [-0.1, -0.05) is 0 Å². The van der Waals surface area contributed by atoms with Crippen LogP contribution in [0.25, 0.3) is 0 Å². The first kappa shape index (κ1) is 23.3. The number of hydrogen-bond donors (Lipinski definition) is 1. The Hall–Kier alpha value is -1.38. The van der Waals surface area contributed by atoms with E-state index in [1.807, 2.05) is 41.5 Å². The first-order valence-corrected chi connectivity index (χ1v) is 11.5. The van der Waals surface area contributed by atoms with E-state index in [-0.39, 0.29) is 6.09 Å². The Morgan fingerprint density at radius 1 is 1.20 bits per heavy atom. The smallest absolute Gasteiger partial charge is 0.410 e. The lowest BCUT2D eigenvalue weighted by Crippen LogP contribution is -2.51. The van der Waals surface area contributed by atoms with Crippen molar-refractivity contribution < 1.29 is 22.9 Å². The van der Waals surface area contributed by atoms with Gasteiger partial charge in [-0.2, -0.15) is 0 Å². The number of ether oxygens (including phenoxy) is 1. The maximum atomic E-state index is 14.6. The molecule has 1 saturated heterocycles. The van der Waals surface area contributed by atoms with Crippen molar-refractivity contribution in [1.29, 1.82) is 0 Å². The van der Waals surface area contributed by atoms with Gasteiger partial charge in [0.1, 0.15) is 22.0 Å². The standard InChI is InChI=1S/C22H32F2N2O3S/c1-20(2,3)29-19(27)26-9-7-22(8-10-26)13-16-15(11-14(23)12-17(16)24)18(22)25-30(28)21(4,5)6/h11-12,18,25H,7-10,13H2,1-6H3/t18-,30?/m1/s1. The first-order valence-electron chi connectivity index (χ1n) is 10.4. The number of piperidine rings is 1. The molecule has 1 amide bonds. The Balaban J connectivity index is 1.86. The van der Waals surface area contributed by atoms with E-state index in [4.69, 9.17) is 4.74 Å². The van der Waals surface area contributed by atoms with Crippen LogP contribution in [0.3, 0.4) is 0 Å². The molecule has 0 bridgehead atoms. The van der Waals surface area contributed by atoms with E-state index in [2.05, 4.69) is 4.72 Å². The van der Waals surface area contributed by atoms with Crippen LogP contribution in [0, 0.1) is 17.0 Å². The number of rotatable bonds is 2. The van der Waals surface area contributed by atoms with Gasteiger partial charge in [-0.3, -0.25) is 0 Å². The van der Waals surface area contributed by atoms with Gasteiger partial charge in [-0.15, -0.1) is 4.72 Å². The van der Waals surface area contributed by atoms with E-state index >= 15 is 0 Å². The maximum Gasteiger partial charge on any atom is 0.410 e. The molecule has 1 spiro atoms. The van der Waals surface area contributed by atoms with Gasteiger partial charge in [-0.05, 0) is 78.0 Å². The molecule has 30 heavy (non-hydrogen) atoms.